The molecule has 3 rings (SSSR count). The molecule has 0 bridgehead atoms. The van der Waals surface area contributed by atoms with E-state index in [1.165, 1.54) is 10.6 Å². The molecule has 1 aromatic heterocycles. The third-order valence-corrected chi connectivity index (χ3v) is 4.92. The fourth-order valence-electron chi connectivity index (χ4n) is 2.58. The summed E-state index contributed by atoms with van der Waals surface area (Å²) in [5.74, 6) is -0.126. The molecule has 0 fully saturated rings. The predicted molar refractivity (Wildman–Crippen MR) is 89.7 cm³/mol. The maximum atomic E-state index is 12.9. The van der Waals surface area contributed by atoms with Crippen LogP contribution in [0, 0.1) is 0 Å². The van der Waals surface area contributed by atoms with Crippen LogP contribution in [-0.2, 0) is 7.05 Å². The topological polar surface area (TPSA) is 42.3 Å². The Morgan fingerprint density at radius 2 is 1.95 bits per heavy atom. The Bertz CT molecular complexity index is 795. The van der Waals surface area contributed by atoms with E-state index in [1.54, 1.807) is 36.0 Å². The zero-order chi connectivity index (χ0) is 15.9. The average molecular weight is 314 g/mol. The Hall–Kier alpha value is -2.01. The first-order chi connectivity index (χ1) is 10.4. The van der Waals surface area contributed by atoms with Gasteiger partial charge in [0.25, 0.3) is 11.5 Å². The van der Waals surface area contributed by atoms with Gasteiger partial charge in [-0.05, 0) is 32.0 Å². The summed E-state index contributed by atoms with van der Waals surface area (Å²) in [6.45, 7) is 4.86. The second-order valence-corrected chi connectivity index (χ2v) is 7.83. The van der Waals surface area contributed by atoms with Crippen molar-refractivity contribution in [2.24, 2.45) is 7.05 Å². The Balaban J connectivity index is 2.05. The quantitative estimate of drug-likeness (QED) is 0.813. The molecular formula is C17H18N2O2S. The van der Waals surface area contributed by atoms with Crippen LogP contribution in [-0.4, -0.2) is 21.8 Å². The van der Waals surface area contributed by atoms with Crippen LogP contribution in [0.5, 0.6) is 0 Å². The van der Waals surface area contributed by atoms with Crippen LogP contribution in [0.4, 0.5) is 5.69 Å². The monoisotopic (exact) mass is 314 g/mol. The Morgan fingerprint density at radius 1 is 1.23 bits per heavy atom. The van der Waals surface area contributed by atoms with Gasteiger partial charge in [0.1, 0.15) is 0 Å². The highest BCUT2D eigenvalue weighted by molar-refractivity contribution is 8.00. The molecule has 1 aliphatic heterocycles. The number of rotatable bonds is 1. The van der Waals surface area contributed by atoms with Gasteiger partial charge < -0.3 is 9.47 Å². The molecule has 0 aliphatic carbocycles. The number of carbonyl (C=O) groups excluding carboxylic acids is 1. The van der Waals surface area contributed by atoms with Gasteiger partial charge in [-0.2, -0.15) is 0 Å². The number of pyridine rings is 1. The molecule has 1 amide bonds. The number of hydrogen-bond donors (Lipinski definition) is 0. The molecular weight excluding hydrogens is 296 g/mol. The zero-order valence-corrected chi connectivity index (χ0v) is 13.7. The second-order valence-electron chi connectivity index (χ2n) is 6.09. The van der Waals surface area contributed by atoms with Gasteiger partial charge in [0.2, 0.25) is 0 Å². The number of amides is 1. The summed E-state index contributed by atoms with van der Waals surface area (Å²) in [6, 6.07) is 11.0. The van der Waals surface area contributed by atoms with Crippen molar-refractivity contribution in [3.63, 3.8) is 0 Å². The fourth-order valence-corrected chi connectivity index (χ4v) is 3.80. The number of benzene rings is 1. The molecule has 114 valence electrons. The number of aryl methyl sites for hydroxylation is 1. The second kappa shape index (κ2) is 5.32. The number of fused-ring (bicyclic) bond motifs is 1. The highest BCUT2D eigenvalue weighted by Crippen LogP contribution is 2.44. The number of nitrogens with zero attached hydrogens (tertiary/aromatic N) is 2. The number of aromatic nitrogens is 1. The lowest BCUT2D eigenvalue weighted by Gasteiger charge is -2.38. The molecule has 2 aromatic rings. The van der Waals surface area contributed by atoms with E-state index in [2.05, 4.69) is 13.8 Å². The smallest absolute Gasteiger partial charge is 0.258 e. The minimum absolute atomic E-state index is 0.0657. The van der Waals surface area contributed by atoms with E-state index in [1.807, 2.05) is 24.3 Å². The van der Waals surface area contributed by atoms with Crippen molar-refractivity contribution < 1.29 is 4.79 Å². The lowest BCUT2D eigenvalue weighted by molar-refractivity contribution is 0.0983. The fraction of sp³-hybridized carbons (Fsp3) is 0.294. The molecule has 0 saturated carbocycles. The summed E-state index contributed by atoms with van der Waals surface area (Å²) in [4.78, 5) is 27.5. The first kappa shape index (κ1) is 14.9. The first-order valence-corrected chi connectivity index (χ1v) is 7.96. The van der Waals surface area contributed by atoms with E-state index >= 15 is 0 Å². The van der Waals surface area contributed by atoms with E-state index in [9.17, 15) is 9.59 Å². The Morgan fingerprint density at radius 3 is 2.68 bits per heavy atom. The molecule has 0 saturated heterocycles. The van der Waals surface area contributed by atoms with Crippen LogP contribution in [0.3, 0.4) is 0 Å². The third kappa shape index (κ3) is 2.68. The maximum absolute atomic E-state index is 12.9. The van der Waals surface area contributed by atoms with Crippen molar-refractivity contribution in [1.82, 2.24) is 4.57 Å². The van der Waals surface area contributed by atoms with E-state index in [0.29, 0.717) is 12.1 Å². The minimum Gasteiger partial charge on any atom is -0.319 e. The van der Waals surface area contributed by atoms with E-state index < -0.39 is 0 Å². The van der Waals surface area contributed by atoms with Gasteiger partial charge in [-0.25, -0.2) is 0 Å². The lowest BCUT2D eigenvalue weighted by Crippen LogP contribution is -2.44. The molecule has 0 radical (unpaired) electrons. The highest BCUT2D eigenvalue weighted by Gasteiger charge is 2.34. The SMILES string of the molecule is Cn1ccc(C(=O)N2CC(C)(C)Sc3ccccc32)cc1=O. The van der Waals surface area contributed by atoms with Gasteiger partial charge >= 0.3 is 0 Å². The van der Waals surface area contributed by atoms with Crippen molar-refractivity contribution in [2.45, 2.75) is 23.5 Å². The third-order valence-electron chi connectivity index (χ3n) is 3.68. The summed E-state index contributed by atoms with van der Waals surface area (Å²) >= 11 is 1.78. The van der Waals surface area contributed by atoms with Gasteiger partial charge in [0.05, 0.1) is 5.69 Å². The molecule has 0 spiro atoms. The van der Waals surface area contributed by atoms with E-state index in [4.69, 9.17) is 0 Å². The first-order valence-electron chi connectivity index (χ1n) is 7.14. The normalized spacial score (nSPS) is 16.2. The Labute approximate surface area is 133 Å². The summed E-state index contributed by atoms with van der Waals surface area (Å²) in [7, 11) is 1.67. The molecule has 2 heterocycles. The average Bonchev–Trinajstić information content (AvgIpc) is 2.47. The molecule has 1 aromatic carbocycles. The van der Waals surface area contributed by atoms with Crippen molar-refractivity contribution in [3.8, 4) is 0 Å². The molecule has 22 heavy (non-hydrogen) atoms. The number of carbonyl (C=O) groups is 1. The standard InChI is InChI=1S/C17H18N2O2S/c1-17(2)11-19(13-6-4-5-7-14(13)22-17)16(21)12-8-9-18(3)15(20)10-12/h4-10H,11H2,1-3H3. The molecule has 0 N–H and O–H groups in total. The van der Waals surface area contributed by atoms with Crippen LogP contribution in [0.25, 0.3) is 0 Å². The minimum atomic E-state index is -0.176. The maximum Gasteiger partial charge on any atom is 0.258 e. The molecule has 1 aliphatic rings. The van der Waals surface area contributed by atoms with Crippen molar-refractivity contribution in [2.75, 3.05) is 11.4 Å². The van der Waals surface area contributed by atoms with Crippen LogP contribution in [0.2, 0.25) is 0 Å². The molecule has 5 heteroatoms. The van der Waals surface area contributed by atoms with Crippen LogP contribution in [0.1, 0.15) is 24.2 Å². The van der Waals surface area contributed by atoms with Crippen molar-refractivity contribution >= 4 is 23.4 Å². The van der Waals surface area contributed by atoms with Gasteiger partial charge in [0, 0.05) is 41.1 Å². The van der Waals surface area contributed by atoms with Gasteiger partial charge in [0.15, 0.2) is 0 Å². The van der Waals surface area contributed by atoms with Crippen LogP contribution >= 0.6 is 11.8 Å². The predicted octanol–water partition coefficient (Wildman–Crippen LogP) is 2.92. The van der Waals surface area contributed by atoms with E-state index in [0.717, 1.165) is 10.6 Å². The summed E-state index contributed by atoms with van der Waals surface area (Å²) in [5.41, 5.74) is 1.17. The number of thioether (sulfide) groups is 1. The van der Waals surface area contributed by atoms with Crippen molar-refractivity contribution in [3.05, 3.63) is 58.5 Å². The number of hydrogen-bond acceptors (Lipinski definition) is 3. The van der Waals surface area contributed by atoms with Crippen LogP contribution in [0.15, 0.2) is 52.3 Å². The highest BCUT2D eigenvalue weighted by atomic mass is 32.2. The summed E-state index contributed by atoms with van der Waals surface area (Å²) in [6.07, 6.45) is 1.63. The van der Waals surface area contributed by atoms with Gasteiger partial charge in [-0.1, -0.05) is 12.1 Å². The van der Waals surface area contributed by atoms with Gasteiger partial charge in [-0.15, -0.1) is 11.8 Å². The lowest BCUT2D eigenvalue weighted by atomic mass is 10.1. The molecule has 0 unspecified atom stereocenters. The molecule has 0 atom stereocenters. The summed E-state index contributed by atoms with van der Waals surface area (Å²) in [5, 5.41) is 0. The van der Waals surface area contributed by atoms with E-state index in [-0.39, 0.29) is 16.2 Å². The largest absolute Gasteiger partial charge is 0.319 e. The Kier molecular flexibility index (Phi) is 3.60. The van der Waals surface area contributed by atoms with Crippen LogP contribution < -0.4 is 10.5 Å². The number of anilines is 1. The molecule has 4 nitrogen and oxygen atoms in total. The summed E-state index contributed by atoms with van der Waals surface area (Å²) < 4.78 is 1.39. The van der Waals surface area contributed by atoms with Crippen molar-refractivity contribution in [1.29, 1.82) is 0 Å². The van der Waals surface area contributed by atoms with Gasteiger partial charge in [-0.3, -0.25) is 9.59 Å². The zero-order valence-electron chi connectivity index (χ0n) is 12.9. The number of para-hydroxylation sites is 1.